The molecule has 78 valence electrons. The van der Waals surface area contributed by atoms with E-state index in [0.29, 0.717) is 5.75 Å². The lowest BCUT2D eigenvalue weighted by Gasteiger charge is -2.16. The number of rotatable bonds is 4. The Bertz CT molecular complexity index is 302. The van der Waals surface area contributed by atoms with E-state index in [1.807, 2.05) is 0 Å². The molecule has 0 radical (unpaired) electrons. The lowest BCUT2D eigenvalue weighted by molar-refractivity contribution is -0.0109. The number of hydrogen-bond acceptors (Lipinski definition) is 2. The van der Waals surface area contributed by atoms with Crippen LogP contribution in [-0.2, 0) is 5.92 Å². The molecule has 1 aromatic rings. The summed E-state index contributed by atoms with van der Waals surface area (Å²) in [4.78, 5) is 0. The van der Waals surface area contributed by atoms with E-state index in [0.717, 1.165) is 0 Å². The highest BCUT2D eigenvalue weighted by Gasteiger charge is 2.30. The standard InChI is InChI=1S/C10H13F2NO/c1-14-9-4-2-3-8(7-9)10(11,12)5-6-13/h2-4,7H,5-6,13H2,1H3. The van der Waals surface area contributed by atoms with E-state index in [1.54, 1.807) is 12.1 Å². The van der Waals surface area contributed by atoms with Gasteiger partial charge < -0.3 is 10.5 Å². The molecule has 0 aliphatic heterocycles. The molecule has 0 saturated heterocycles. The van der Waals surface area contributed by atoms with Crippen LogP contribution in [0.2, 0.25) is 0 Å². The molecule has 0 spiro atoms. The quantitative estimate of drug-likeness (QED) is 0.809. The third-order valence-corrected chi connectivity index (χ3v) is 1.95. The average Bonchev–Trinajstić information content (AvgIpc) is 2.18. The van der Waals surface area contributed by atoms with Crippen LogP contribution in [0.3, 0.4) is 0 Å². The van der Waals surface area contributed by atoms with Gasteiger partial charge >= 0.3 is 0 Å². The molecular formula is C10H13F2NO. The fourth-order valence-corrected chi connectivity index (χ4v) is 1.18. The van der Waals surface area contributed by atoms with Crippen LogP contribution < -0.4 is 10.5 Å². The molecule has 0 aliphatic rings. The number of benzene rings is 1. The number of halogens is 2. The van der Waals surface area contributed by atoms with Gasteiger partial charge in [-0.3, -0.25) is 0 Å². The Morgan fingerprint density at radius 2 is 2.14 bits per heavy atom. The second-order valence-electron chi connectivity index (χ2n) is 2.98. The summed E-state index contributed by atoms with van der Waals surface area (Å²) in [5, 5.41) is 0. The maximum Gasteiger partial charge on any atom is 0.274 e. The Labute approximate surface area is 81.7 Å². The molecule has 0 unspecified atom stereocenters. The molecule has 0 saturated carbocycles. The van der Waals surface area contributed by atoms with E-state index < -0.39 is 5.92 Å². The molecule has 14 heavy (non-hydrogen) atoms. The third-order valence-electron chi connectivity index (χ3n) is 1.95. The number of ether oxygens (including phenoxy) is 1. The van der Waals surface area contributed by atoms with Gasteiger partial charge in [-0.25, -0.2) is 8.78 Å². The highest BCUT2D eigenvalue weighted by atomic mass is 19.3. The minimum Gasteiger partial charge on any atom is -0.497 e. The van der Waals surface area contributed by atoms with Crippen molar-refractivity contribution >= 4 is 0 Å². The van der Waals surface area contributed by atoms with Gasteiger partial charge in [0.05, 0.1) is 7.11 Å². The Morgan fingerprint density at radius 1 is 1.43 bits per heavy atom. The minimum absolute atomic E-state index is 0.0375. The van der Waals surface area contributed by atoms with Crippen molar-refractivity contribution < 1.29 is 13.5 Å². The van der Waals surface area contributed by atoms with Gasteiger partial charge in [-0.05, 0) is 18.7 Å². The zero-order valence-electron chi connectivity index (χ0n) is 7.97. The molecular weight excluding hydrogens is 188 g/mol. The van der Waals surface area contributed by atoms with Gasteiger partial charge in [-0.2, -0.15) is 0 Å². The summed E-state index contributed by atoms with van der Waals surface area (Å²) in [6, 6.07) is 5.87. The lowest BCUT2D eigenvalue weighted by atomic mass is 10.1. The van der Waals surface area contributed by atoms with Crippen molar-refractivity contribution in [2.75, 3.05) is 13.7 Å². The molecule has 0 bridgehead atoms. The summed E-state index contributed by atoms with van der Waals surface area (Å²) >= 11 is 0. The summed E-state index contributed by atoms with van der Waals surface area (Å²) in [7, 11) is 1.44. The number of nitrogens with two attached hydrogens (primary N) is 1. The summed E-state index contributed by atoms with van der Waals surface area (Å²) in [6.07, 6.45) is -0.347. The summed E-state index contributed by atoms with van der Waals surface area (Å²) in [5.41, 5.74) is 5.06. The van der Waals surface area contributed by atoms with Gasteiger partial charge in [0.2, 0.25) is 0 Å². The Hall–Kier alpha value is -1.16. The van der Waals surface area contributed by atoms with E-state index in [1.165, 1.54) is 19.2 Å². The second-order valence-corrected chi connectivity index (χ2v) is 2.98. The van der Waals surface area contributed by atoms with E-state index in [2.05, 4.69) is 0 Å². The van der Waals surface area contributed by atoms with Crippen molar-refractivity contribution in [3.8, 4) is 5.75 Å². The van der Waals surface area contributed by atoms with Crippen molar-refractivity contribution in [1.29, 1.82) is 0 Å². The summed E-state index contributed by atoms with van der Waals surface area (Å²) in [6.45, 7) is -0.0375. The van der Waals surface area contributed by atoms with Gasteiger partial charge in [0, 0.05) is 12.0 Å². The van der Waals surface area contributed by atoms with Gasteiger partial charge in [0.25, 0.3) is 5.92 Å². The molecule has 0 heterocycles. The first kappa shape index (κ1) is 10.9. The molecule has 2 nitrogen and oxygen atoms in total. The molecule has 2 N–H and O–H groups in total. The predicted octanol–water partition coefficient (Wildman–Crippen LogP) is 2.14. The average molecular weight is 201 g/mol. The van der Waals surface area contributed by atoms with Crippen molar-refractivity contribution in [2.45, 2.75) is 12.3 Å². The molecule has 0 fully saturated rings. The zero-order chi connectivity index (χ0) is 10.6. The third kappa shape index (κ3) is 2.42. The second kappa shape index (κ2) is 4.37. The Balaban J connectivity index is 2.93. The predicted molar refractivity (Wildman–Crippen MR) is 50.6 cm³/mol. The minimum atomic E-state index is -2.87. The van der Waals surface area contributed by atoms with Gasteiger partial charge in [-0.1, -0.05) is 12.1 Å². The SMILES string of the molecule is COc1cccc(C(F)(F)CCN)c1. The van der Waals surface area contributed by atoms with E-state index in [9.17, 15) is 8.78 Å². The number of alkyl halides is 2. The maximum atomic E-state index is 13.3. The van der Waals surface area contributed by atoms with E-state index in [4.69, 9.17) is 10.5 Å². The largest absolute Gasteiger partial charge is 0.497 e. The molecule has 0 amide bonds. The Kier molecular flexibility index (Phi) is 3.41. The normalized spacial score (nSPS) is 11.4. The van der Waals surface area contributed by atoms with Crippen molar-refractivity contribution in [1.82, 2.24) is 0 Å². The van der Waals surface area contributed by atoms with Crippen molar-refractivity contribution in [2.24, 2.45) is 5.73 Å². The molecule has 0 aliphatic carbocycles. The van der Waals surface area contributed by atoms with Crippen LogP contribution in [0.1, 0.15) is 12.0 Å². The van der Waals surface area contributed by atoms with Crippen LogP contribution >= 0.6 is 0 Å². The highest BCUT2D eigenvalue weighted by Crippen LogP contribution is 2.32. The van der Waals surface area contributed by atoms with Crippen LogP contribution in [0.15, 0.2) is 24.3 Å². The summed E-state index contributed by atoms with van der Waals surface area (Å²) in [5.74, 6) is -2.44. The zero-order valence-corrected chi connectivity index (χ0v) is 7.97. The molecule has 0 atom stereocenters. The molecule has 1 aromatic carbocycles. The first-order chi connectivity index (χ1) is 6.60. The maximum absolute atomic E-state index is 13.3. The lowest BCUT2D eigenvalue weighted by Crippen LogP contribution is -2.18. The first-order valence-electron chi connectivity index (χ1n) is 4.32. The van der Waals surface area contributed by atoms with Crippen molar-refractivity contribution in [3.05, 3.63) is 29.8 Å². The van der Waals surface area contributed by atoms with Crippen molar-refractivity contribution in [3.63, 3.8) is 0 Å². The van der Waals surface area contributed by atoms with Crippen LogP contribution in [0.25, 0.3) is 0 Å². The van der Waals surface area contributed by atoms with E-state index >= 15 is 0 Å². The fraction of sp³-hybridized carbons (Fsp3) is 0.400. The van der Waals surface area contributed by atoms with Crippen LogP contribution in [0.5, 0.6) is 5.75 Å². The van der Waals surface area contributed by atoms with Crippen LogP contribution in [0.4, 0.5) is 8.78 Å². The molecule has 4 heteroatoms. The van der Waals surface area contributed by atoms with Gasteiger partial charge in [-0.15, -0.1) is 0 Å². The Morgan fingerprint density at radius 3 is 2.71 bits per heavy atom. The fourth-order valence-electron chi connectivity index (χ4n) is 1.18. The topological polar surface area (TPSA) is 35.2 Å². The van der Waals surface area contributed by atoms with E-state index in [-0.39, 0.29) is 18.5 Å². The number of hydrogen-bond donors (Lipinski definition) is 1. The summed E-state index contributed by atoms with van der Waals surface area (Å²) < 4.78 is 31.5. The van der Waals surface area contributed by atoms with Crippen LogP contribution in [0, 0.1) is 0 Å². The van der Waals surface area contributed by atoms with Crippen LogP contribution in [-0.4, -0.2) is 13.7 Å². The highest BCUT2D eigenvalue weighted by molar-refractivity contribution is 5.31. The first-order valence-corrected chi connectivity index (χ1v) is 4.32. The molecule has 0 aromatic heterocycles. The van der Waals surface area contributed by atoms with Gasteiger partial charge in [0.15, 0.2) is 0 Å². The van der Waals surface area contributed by atoms with Gasteiger partial charge in [0.1, 0.15) is 5.75 Å². The number of methoxy groups -OCH3 is 1. The monoisotopic (exact) mass is 201 g/mol. The molecule has 1 rings (SSSR count). The smallest absolute Gasteiger partial charge is 0.274 e.